The summed E-state index contributed by atoms with van der Waals surface area (Å²) in [6.45, 7) is 2.96. The van der Waals surface area contributed by atoms with E-state index in [4.69, 9.17) is 0 Å². The van der Waals surface area contributed by atoms with E-state index in [-0.39, 0.29) is 5.91 Å². The van der Waals surface area contributed by atoms with Crippen molar-refractivity contribution in [1.82, 2.24) is 15.3 Å². The smallest absolute Gasteiger partial charge is 0.271 e. The largest absolute Gasteiger partial charge is 0.351 e. The lowest BCUT2D eigenvalue weighted by atomic mass is 10.1. The highest BCUT2D eigenvalue weighted by Gasteiger charge is 2.04. The van der Waals surface area contributed by atoms with Crippen LogP contribution in [-0.4, -0.2) is 22.4 Å². The predicted octanol–water partition coefficient (Wildman–Crippen LogP) is 3.35. The van der Waals surface area contributed by atoms with E-state index in [1.54, 1.807) is 6.20 Å². The molecule has 19 heavy (non-hydrogen) atoms. The van der Waals surface area contributed by atoms with Gasteiger partial charge in [0.2, 0.25) is 0 Å². The third-order valence-electron chi connectivity index (χ3n) is 3.11. The maximum absolute atomic E-state index is 11.6. The summed E-state index contributed by atoms with van der Waals surface area (Å²) >= 11 is 0. The van der Waals surface area contributed by atoms with E-state index < -0.39 is 0 Å². The van der Waals surface area contributed by atoms with Gasteiger partial charge in [-0.2, -0.15) is 0 Å². The molecule has 1 N–H and O–H groups in total. The monoisotopic (exact) mass is 263 g/mol. The number of nitrogens with zero attached hydrogens (tertiary/aromatic N) is 2. The van der Waals surface area contributed by atoms with Gasteiger partial charge in [-0.25, -0.2) is 4.98 Å². The third kappa shape index (κ3) is 7.54. The maximum atomic E-state index is 11.6. The molecule has 1 amide bonds. The van der Waals surface area contributed by atoms with Crippen LogP contribution in [0.15, 0.2) is 18.6 Å². The molecule has 0 unspecified atom stereocenters. The molecule has 0 fully saturated rings. The molecule has 1 aromatic heterocycles. The second-order valence-electron chi connectivity index (χ2n) is 4.82. The van der Waals surface area contributed by atoms with Crippen LogP contribution >= 0.6 is 0 Å². The zero-order chi connectivity index (χ0) is 13.8. The average molecular weight is 263 g/mol. The number of carbonyl (C=O) groups excluding carboxylic acids is 1. The van der Waals surface area contributed by atoms with Crippen molar-refractivity contribution in [2.24, 2.45) is 0 Å². The van der Waals surface area contributed by atoms with E-state index in [2.05, 4.69) is 22.2 Å². The molecule has 0 aliphatic heterocycles. The van der Waals surface area contributed by atoms with Crippen molar-refractivity contribution in [2.75, 3.05) is 6.54 Å². The first-order valence-electron chi connectivity index (χ1n) is 7.38. The molecule has 0 bridgehead atoms. The molecule has 0 spiro atoms. The Bertz CT molecular complexity index is 341. The Morgan fingerprint density at radius 1 is 1.05 bits per heavy atom. The molecule has 0 saturated heterocycles. The molecule has 0 atom stereocenters. The van der Waals surface area contributed by atoms with Gasteiger partial charge in [0.25, 0.3) is 5.91 Å². The van der Waals surface area contributed by atoms with E-state index in [0.29, 0.717) is 5.69 Å². The summed E-state index contributed by atoms with van der Waals surface area (Å²) < 4.78 is 0. The predicted molar refractivity (Wildman–Crippen MR) is 77.0 cm³/mol. The second-order valence-corrected chi connectivity index (χ2v) is 4.82. The highest BCUT2D eigenvalue weighted by atomic mass is 16.1. The Morgan fingerprint density at radius 3 is 2.37 bits per heavy atom. The molecular formula is C15H25N3O. The van der Waals surface area contributed by atoms with Gasteiger partial charge in [-0.3, -0.25) is 9.78 Å². The van der Waals surface area contributed by atoms with Crippen LogP contribution < -0.4 is 5.32 Å². The molecule has 0 saturated carbocycles. The van der Waals surface area contributed by atoms with E-state index >= 15 is 0 Å². The van der Waals surface area contributed by atoms with Crippen molar-refractivity contribution >= 4 is 5.91 Å². The van der Waals surface area contributed by atoms with Gasteiger partial charge in [-0.15, -0.1) is 0 Å². The first-order valence-corrected chi connectivity index (χ1v) is 7.38. The Morgan fingerprint density at radius 2 is 1.74 bits per heavy atom. The van der Waals surface area contributed by atoms with E-state index in [1.165, 1.54) is 57.3 Å². The summed E-state index contributed by atoms with van der Waals surface area (Å²) in [5.41, 5.74) is 0.391. The first kappa shape index (κ1) is 15.6. The highest BCUT2D eigenvalue weighted by Crippen LogP contribution is 2.07. The lowest BCUT2D eigenvalue weighted by Gasteiger charge is -2.04. The lowest BCUT2D eigenvalue weighted by molar-refractivity contribution is 0.0947. The van der Waals surface area contributed by atoms with Crippen molar-refractivity contribution in [3.05, 3.63) is 24.3 Å². The summed E-state index contributed by atoms with van der Waals surface area (Å²) in [5.74, 6) is -0.129. The standard InChI is InChI=1S/C15H25N3O/c1-2-3-4-5-6-7-8-9-10-18-15(19)14-13-16-11-12-17-14/h11-13H,2-10H2,1H3,(H,18,19). The minimum atomic E-state index is -0.129. The Hall–Kier alpha value is -1.45. The average Bonchev–Trinajstić information content (AvgIpc) is 2.46. The molecular weight excluding hydrogens is 238 g/mol. The van der Waals surface area contributed by atoms with Gasteiger partial charge in [0, 0.05) is 18.9 Å². The normalized spacial score (nSPS) is 10.4. The highest BCUT2D eigenvalue weighted by molar-refractivity contribution is 5.91. The number of hydrogen-bond acceptors (Lipinski definition) is 3. The van der Waals surface area contributed by atoms with Crippen molar-refractivity contribution in [3.63, 3.8) is 0 Å². The van der Waals surface area contributed by atoms with Gasteiger partial charge in [0.05, 0.1) is 6.20 Å². The number of carbonyl (C=O) groups is 1. The summed E-state index contributed by atoms with van der Waals surface area (Å²) in [7, 11) is 0. The maximum Gasteiger partial charge on any atom is 0.271 e. The van der Waals surface area contributed by atoms with Crippen LogP contribution in [0, 0.1) is 0 Å². The fraction of sp³-hybridized carbons (Fsp3) is 0.667. The Kier molecular flexibility index (Phi) is 8.60. The summed E-state index contributed by atoms with van der Waals surface area (Å²) in [4.78, 5) is 19.5. The fourth-order valence-corrected chi connectivity index (χ4v) is 1.97. The van der Waals surface area contributed by atoms with Gasteiger partial charge in [-0.05, 0) is 6.42 Å². The zero-order valence-corrected chi connectivity index (χ0v) is 11.9. The van der Waals surface area contributed by atoms with Crippen LogP contribution in [0.2, 0.25) is 0 Å². The van der Waals surface area contributed by atoms with Gasteiger partial charge in [-0.1, -0.05) is 51.9 Å². The number of unbranched alkanes of at least 4 members (excludes halogenated alkanes) is 7. The molecule has 1 heterocycles. The van der Waals surface area contributed by atoms with Crippen LogP contribution in [-0.2, 0) is 0 Å². The van der Waals surface area contributed by atoms with Crippen molar-refractivity contribution in [3.8, 4) is 0 Å². The lowest BCUT2D eigenvalue weighted by Crippen LogP contribution is -2.25. The molecule has 4 heteroatoms. The van der Waals surface area contributed by atoms with Gasteiger partial charge < -0.3 is 5.32 Å². The quantitative estimate of drug-likeness (QED) is 0.659. The minimum Gasteiger partial charge on any atom is -0.351 e. The molecule has 0 aliphatic carbocycles. The van der Waals surface area contributed by atoms with Crippen LogP contribution in [0.4, 0.5) is 0 Å². The minimum absolute atomic E-state index is 0.129. The van der Waals surface area contributed by atoms with E-state index in [9.17, 15) is 4.79 Å². The summed E-state index contributed by atoms with van der Waals surface area (Å²) in [6.07, 6.45) is 14.8. The van der Waals surface area contributed by atoms with Crippen molar-refractivity contribution in [1.29, 1.82) is 0 Å². The fourth-order valence-electron chi connectivity index (χ4n) is 1.97. The number of nitrogens with one attached hydrogen (secondary N) is 1. The Balaban J connectivity index is 1.95. The number of aromatic nitrogens is 2. The number of rotatable bonds is 10. The van der Waals surface area contributed by atoms with E-state index in [1.807, 2.05) is 0 Å². The van der Waals surface area contributed by atoms with Crippen LogP contribution in [0.3, 0.4) is 0 Å². The van der Waals surface area contributed by atoms with Crippen LogP contribution in [0.25, 0.3) is 0 Å². The molecule has 4 nitrogen and oxygen atoms in total. The van der Waals surface area contributed by atoms with Crippen molar-refractivity contribution < 1.29 is 4.79 Å². The molecule has 106 valence electrons. The Labute approximate surface area is 116 Å². The van der Waals surface area contributed by atoms with Crippen LogP contribution in [0.5, 0.6) is 0 Å². The number of amides is 1. The second kappa shape index (κ2) is 10.5. The molecule has 1 rings (SSSR count). The van der Waals surface area contributed by atoms with Gasteiger partial charge in [0.15, 0.2) is 0 Å². The molecule has 0 aliphatic rings. The molecule has 1 aromatic rings. The van der Waals surface area contributed by atoms with Crippen LogP contribution in [0.1, 0.15) is 68.8 Å². The SMILES string of the molecule is CCCCCCCCCCNC(=O)c1cnccn1. The van der Waals surface area contributed by atoms with E-state index in [0.717, 1.165) is 13.0 Å². The molecule has 0 aromatic carbocycles. The van der Waals surface area contributed by atoms with Gasteiger partial charge in [0.1, 0.15) is 5.69 Å². The topological polar surface area (TPSA) is 54.9 Å². The van der Waals surface area contributed by atoms with Gasteiger partial charge >= 0.3 is 0 Å². The third-order valence-corrected chi connectivity index (χ3v) is 3.11. The van der Waals surface area contributed by atoms with Crippen molar-refractivity contribution in [2.45, 2.75) is 58.3 Å². The molecule has 0 radical (unpaired) electrons. The zero-order valence-electron chi connectivity index (χ0n) is 11.9. The summed E-state index contributed by atoms with van der Waals surface area (Å²) in [6, 6.07) is 0. The number of hydrogen-bond donors (Lipinski definition) is 1. The summed E-state index contributed by atoms with van der Waals surface area (Å²) in [5, 5.41) is 2.87. The first-order chi connectivity index (χ1) is 9.34.